The summed E-state index contributed by atoms with van der Waals surface area (Å²) in [4.78, 5) is 45.1. The molecule has 0 radical (unpaired) electrons. The normalized spacial score (nSPS) is 34.1. The van der Waals surface area contributed by atoms with Crippen molar-refractivity contribution in [1.29, 1.82) is 0 Å². The Morgan fingerprint density at radius 3 is 2.59 bits per heavy atom. The molecule has 0 bridgehead atoms. The minimum Gasteiger partial charge on any atom is -0.465 e. The van der Waals surface area contributed by atoms with E-state index in [-0.39, 0.29) is 25.0 Å². The van der Waals surface area contributed by atoms with Crippen molar-refractivity contribution in [3.8, 4) is 0 Å². The topological polar surface area (TPSA) is 96.4 Å². The van der Waals surface area contributed by atoms with Crippen LogP contribution in [0.2, 0.25) is 0 Å². The van der Waals surface area contributed by atoms with Crippen LogP contribution >= 0.6 is 0 Å². The Kier molecular flexibility index (Phi) is 7.23. The van der Waals surface area contributed by atoms with Crippen LogP contribution in [-0.2, 0) is 30.4 Å². The number of likely N-dealkylation sites (tertiary alicyclic amines) is 1. The highest BCUT2D eigenvalue weighted by atomic mass is 16.6. The summed E-state index contributed by atoms with van der Waals surface area (Å²) in [7, 11) is 0. The third kappa shape index (κ3) is 4.50. The van der Waals surface area contributed by atoms with Gasteiger partial charge >= 0.3 is 5.97 Å². The number of hydrogen-bond donors (Lipinski definition) is 1. The van der Waals surface area contributed by atoms with Crippen molar-refractivity contribution >= 4 is 17.8 Å². The van der Waals surface area contributed by atoms with Gasteiger partial charge in [-0.2, -0.15) is 0 Å². The number of benzene rings is 1. The highest BCUT2D eigenvalue weighted by molar-refractivity contribution is 5.99. The van der Waals surface area contributed by atoms with Crippen molar-refractivity contribution in [2.24, 2.45) is 11.8 Å². The highest BCUT2D eigenvalue weighted by Crippen LogP contribution is 2.57. The van der Waals surface area contributed by atoms with Crippen LogP contribution in [0.25, 0.3) is 0 Å². The zero-order valence-corrected chi connectivity index (χ0v) is 21.4. The van der Waals surface area contributed by atoms with Gasteiger partial charge in [0.1, 0.15) is 17.6 Å². The predicted octanol–water partition coefficient (Wildman–Crippen LogP) is 2.61. The number of ether oxygens (including phenoxy) is 2. The van der Waals surface area contributed by atoms with E-state index in [4.69, 9.17) is 9.47 Å². The van der Waals surface area contributed by atoms with E-state index in [1.165, 1.54) is 0 Å². The number of esters is 1. The van der Waals surface area contributed by atoms with E-state index in [1.807, 2.05) is 61.6 Å². The molecule has 4 aliphatic rings. The quantitative estimate of drug-likeness (QED) is 0.346. The van der Waals surface area contributed by atoms with Gasteiger partial charge < -0.3 is 24.4 Å². The number of cyclic esters (lactones) is 1. The summed E-state index contributed by atoms with van der Waals surface area (Å²) in [6.45, 7) is 3.36. The maximum absolute atomic E-state index is 14.2. The maximum atomic E-state index is 14.2. The van der Waals surface area contributed by atoms with E-state index < -0.39 is 35.0 Å². The zero-order chi connectivity index (χ0) is 26.0. The summed E-state index contributed by atoms with van der Waals surface area (Å²) in [6.07, 6.45) is 11.1. The van der Waals surface area contributed by atoms with Crippen molar-refractivity contribution in [3.05, 3.63) is 60.2 Å². The molecule has 5 rings (SSSR count). The number of aliphatic hydroxyl groups is 1. The van der Waals surface area contributed by atoms with E-state index in [1.54, 1.807) is 9.80 Å². The Labute approximate surface area is 217 Å². The molecule has 8 heteroatoms. The number of aliphatic hydroxyl groups excluding tert-OH is 1. The molecular formula is C29H36N2O6. The van der Waals surface area contributed by atoms with Crippen LogP contribution < -0.4 is 0 Å². The maximum Gasteiger partial charge on any atom is 0.313 e. The summed E-state index contributed by atoms with van der Waals surface area (Å²) in [5.41, 5.74) is -1.33. The van der Waals surface area contributed by atoms with Crippen molar-refractivity contribution in [3.63, 3.8) is 0 Å². The van der Waals surface area contributed by atoms with Gasteiger partial charge in [0.15, 0.2) is 0 Å². The molecule has 198 valence electrons. The molecule has 2 amide bonds. The summed E-state index contributed by atoms with van der Waals surface area (Å²) in [5, 5.41) is 9.21. The van der Waals surface area contributed by atoms with Gasteiger partial charge in [0.2, 0.25) is 11.8 Å². The molecule has 4 aliphatic heterocycles. The van der Waals surface area contributed by atoms with Gasteiger partial charge in [-0.15, -0.1) is 0 Å². The van der Waals surface area contributed by atoms with Gasteiger partial charge in [0.05, 0.1) is 18.1 Å². The lowest BCUT2D eigenvalue weighted by molar-refractivity contribution is -0.159. The van der Waals surface area contributed by atoms with Crippen molar-refractivity contribution in [2.75, 3.05) is 26.3 Å². The molecule has 0 saturated carbocycles. The number of fused-ring (bicyclic) bond motifs is 2. The lowest BCUT2D eigenvalue weighted by atomic mass is 9.74. The number of hydrogen-bond acceptors (Lipinski definition) is 6. The third-order valence-corrected chi connectivity index (χ3v) is 8.11. The molecule has 1 unspecified atom stereocenters. The minimum atomic E-state index is -1.27. The van der Waals surface area contributed by atoms with Gasteiger partial charge in [-0.05, 0) is 44.6 Å². The Morgan fingerprint density at radius 1 is 1.00 bits per heavy atom. The summed E-state index contributed by atoms with van der Waals surface area (Å²) in [5.74, 6) is -2.58. The van der Waals surface area contributed by atoms with E-state index in [0.717, 1.165) is 18.4 Å². The number of carbonyl (C=O) groups excluding carboxylic acids is 3. The molecule has 8 nitrogen and oxygen atoms in total. The van der Waals surface area contributed by atoms with Gasteiger partial charge in [0, 0.05) is 26.2 Å². The van der Waals surface area contributed by atoms with Gasteiger partial charge in [-0.25, -0.2) is 0 Å². The van der Waals surface area contributed by atoms with Gasteiger partial charge in [0.25, 0.3) is 0 Å². The Balaban J connectivity index is 1.55. The fourth-order valence-electron chi connectivity index (χ4n) is 6.44. The molecule has 2 fully saturated rings. The smallest absolute Gasteiger partial charge is 0.313 e. The molecule has 1 aromatic rings. The van der Waals surface area contributed by atoms with E-state index in [0.29, 0.717) is 38.9 Å². The van der Waals surface area contributed by atoms with Crippen LogP contribution in [0.5, 0.6) is 0 Å². The van der Waals surface area contributed by atoms with Crippen LogP contribution in [0.4, 0.5) is 0 Å². The predicted molar refractivity (Wildman–Crippen MR) is 136 cm³/mol. The molecular weight excluding hydrogens is 472 g/mol. The lowest BCUT2D eigenvalue weighted by Gasteiger charge is -2.37. The van der Waals surface area contributed by atoms with Crippen LogP contribution in [-0.4, -0.2) is 76.2 Å². The van der Waals surface area contributed by atoms with Crippen LogP contribution in [0, 0.1) is 11.8 Å². The first-order valence-electron chi connectivity index (χ1n) is 13.4. The average Bonchev–Trinajstić information content (AvgIpc) is 3.24. The monoisotopic (exact) mass is 508 g/mol. The second kappa shape index (κ2) is 10.4. The first-order valence-corrected chi connectivity index (χ1v) is 13.4. The number of allylic oxidation sites excluding steroid dienone is 1. The molecule has 1 N–H and O–H groups in total. The summed E-state index contributed by atoms with van der Waals surface area (Å²) >= 11 is 0. The number of unbranched alkanes of at least 4 members (excludes halogenated alkanes) is 2. The molecule has 5 atom stereocenters. The van der Waals surface area contributed by atoms with Crippen molar-refractivity contribution < 1.29 is 29.0 Å². The van der Waals surface area contributed by atoms with Gasteiger partial charge in [-0.3, -0.25) is 14.4 Å². The Bertz CT molecular complexity index is 1090. The van der Waals surface area contributed by atoms with E-state index in [2.05, 4.69) is 0 Å². The highest BCUT2D eigenvalue weighted by Gasteiger charge is 2.74. The van der Waals surface area contributed by atoms with Crippen LogP contribution in [0.3, 0.4) is 0 Å². The number of carbonyl (C=O) groups is 3. The second-order valence-electron chi connectivity index (χ2n) is 10.6. The summed E-state index contributed by atoms with van der Waals surface area (Å²) < 4.78 is 12.4. The van der Waals surface area contributed by atoms with Crippen LogP contribution in [0.1, 0.15) is 44.6 Å². The van der Waals surface area contributed by atoms with E-state index in [9.17, 15) is 19.5 Å². The van der Waals surface area contributed by atoms with Crippen molar-refractivity contribution in [2.45, 2.75) is 62.8 Å². The average molecular weight is 509 g/mol. The molecule has 1 aromatic carbocycles. The number of rotatable bonds is 7. The fraction of sp³-hybridized carbons (Fsp3) is 0.552. The van der Waals surface area contributed by atoms with Crippen LogP contribution in [0.15, 0.2) is 54.6 Å². The second-order valence-corrected chi connectivity index (χ2v) is 10.6. The molecule has 37 heavy (non-hydrogen) atoms. The zero-order valence-electron chi connectivity index (χ0n) is 21.4. The lowest BCUT2D eigenvalue weighted by Crippen LogP contribution is -2.55. The first-order chi connectivity index (χ1) is 17.9. The number of nitrogens with zero attached hydrogens (tertiary/aromatic N) is 2. The SMILES string of the molecule is C[C@@]12/C=C\CCCOC(=O)[C@@H]1[C@H]1C(=O)N(CCCCCO)C3C(=O)N(Cc4ccccc4)CC=C[C@@]31O2. The Hall–Kier alpha value is -2.97. The number of amides is 2. The molecule has 4 heterocycles. The van der Waals surface area contributed by atoms with E-state index >= 15 is 0 Å². The van der Waals surface area contributed by atoms with Crippen molar-refractivity contribution in [1.82, 2.24) is 9.80 Å². The Morgan fingerprint density at radius 2 is 1.81 bits per heavy atom. The molecule has 0 aromatic heterocycles. The first kappa shape index (κ1) is 25.7. The summed E-state index contributed by atoms with van der Waals surface area (Å²) in [6, 6.07) is 8.89. The minimum absolute atomic E-state index is 0.0815. The largest absolute Gasteiger partial charge is 0.465 e. The standard InChI is InChI=1S/C29H36N2O6/c1-28-14-7-3-10-19-36-27(35)23(28)22-25(33)31(17-8-4-9-18-32)24-26(34)30(16-11-15-29(22,24)37-28)20-21-12-5-2-6-13-21/h2,5-7,11-15,22-24,32H,3-4,8-10,16-20H2,1H3/b14-7-/t22-,23-,24?,28+,29-/m0/s1. The molecule has 1 spiro atoms. The van der Waals surface area contributed by atoms with Gasteiger partial charge in [-0.1, -0.05) is 54.6 Å². The molecule has 2 saturated heterocycles. The molecule has 0 aliphatic carbocycles. The third-order valence-electron chi connectivity index (χ3n) is 8.11. The fourth-order valence-corrected chi connectivity index (χ4v) is 6.44.